The summed E-state index contributed by atoms with van der Waals surface area (Å²) in [5.41, 5.74) is 8.54. The van der Waals surface area contributed by atoms with E-state index in [0.29, 0.717) is 24.0 Å². The Morgan fingerprint density at radius 1 is 1.35 bits per heavy atom. The fraction of sp³-hybridized carbons (Fsp3) is 0.412. The summed E-state index contributed by atoms with van der Waals surface area (Å²) < 4.78 is 5.60. The molecule has 122 valence electrons. The molecule has 0 spiro atoms. The van der Waals surface area contributed by atoms with Gasteiger partial charge in [0.15, 0.2) is 0 Å². The van der Waals surface area contributed by atoms with Crippen molar-refractivity contribution in [1.82, 2.24) is 9.97 Å². The minimum Gasteiger partial charge on any atom is -0.379 e. The van der Waals surface area contributed by atoms with Gasteiger partial charge in [-0.2, -0.15) is 4.98 Å². The molecular formula is C17H21ClN4O. The largest absolute Gasteiger partial charge is 0.379 e. The summed E-state index contributed by atoms with van der Waals surface area (Å²) >= 11 is 6.19. The molecule has 3 N–H and O–H groups in total. The van der Waals surface area contributed by atoms with Crippen LogP contribution in [0.2, 0.25) is 5.02 Å². The highest BCUT2D eigenvalue weighted by atomic mass is 35.5. The lowest BCUT2D eigenvalue weighted by atomic mass is 10.1. The normalized spacial score (nSPS) is 14.0. The van der Waals surface area contributed by atoms with Gasteiger partial charge in [-0.25, -0.2) is 4.98 Å². The number of aromatic nitrogens is 2. The van der Waals surface area contributed by atoms with Crippen molar-refractivity contribution in [2.24, 2.45) is 5.92 Å². The van der Waals surface area contributed by atoms with E-state index in [4.69, 9.17) is 22.1 Å². The third-order valence-corrected chi connectivity index (χ3v) is 4.30. The highest BCUT2D eigenvalue weighted by Crippen LogP contribution is 2.29. The van der Waals surface area contributed by atoms with Gasteiger partial charge in [0, 0.05) is 29.8 Å². The molecule has 0 bridgehead atoms. The number of hydrogen-bond donors (Lipinski definition) is 2. The van der Waals surface area contributed by atoms with Crippen LogP contribution in [0.25, 0.3) is 11.3 Å². The molecule has 0 atom stereocenters. The first-order chi connectivity index (χ1) is 11.1. The third-order valence-electron chi connectivity index (χ3n) is 3.89. The molecule has 2 aromatic rings. The van der Waals surface area contributed by atoms with Gasteiger partial charge in [-0.15, -0.1) is 0 Å². The third kappa shape index (κ3) is 4.33. The lowest BCUT2D eigenvalue weighted by molar-refractivity contribution is 0.134. The molecule has 0 amide bonds. The van der Waals surface area contributed by atoms with E-state index in [1.165, 1.54) is 12.8 Å². The number of hydrogen-bond acceptors (Lipinski definition) is 5. The number of rotatable bonds is 7. The van der Waals surface area contributed by atoms with Gasteiger partial charge in [-0.3, -0.25) is 0 Å². The van der Waals surface area contributed by atoms with Crippen LogP contribution in [-0.4, -0.2) is 29.7 Å². The van der Waals surface area contributed by atoms with Crippen molar-refractivity contribution in [1.29, 1.82) is 0 Å². The van der Waals surface area contributed by atoms with Crippen LogP contribution < -0.4 is 11.1 Å². The molecule has 3 rings (SSSR count). The van der Waals surface area contributed by atoms with Crippen molar-refractivity contribution < 1.29 is 4.74 Å². The number of anilines is 2. The van der Waals surface area contributed by atoms with E-state index >= 15 is 0 Å². The second kappa shape index (κ2) is 7.15. The second-order valence-electron chi connectivity index (χ2n) is 5.85. The number of nitrogen functional groups attached to an aromatic ring is 1. The maximum atomic E-state index is 6.19. The van der Waals surface area contributed by atoms with Crippen molar-refractivity contribution in [2.75, 3.05) is 30.8 Å². The van der Waals surface area contributed by atoms with Crippen LogP contribution in [-0.2, 0) is 4.74 Å². The fourth-order valence-corrected chi connectivity index (χ4v) is 2.54. The van der Waals surface area contributed by atoms with Crippen LogP contribution in [0.5, 0.6) is 0 Å². The molecule has 23 heavy (non-hydrogen) atoms. The molecule has 0 radical (unpaired) electrons. The molecule has 0 unspecified atom stereocenters. The predicted molar refractivity (Wildman–Crippen MR) is 93.7 cm³/mol. The first kappa shape index (κ1) is 16.0. The number of ether oxygens (including phenoxy) is 1. The van der Waals surface area contributed by atoms with E-state index in [-0.39, 0.29) is 5.95 Å². The smallest absolute Gasteiger partial charge is 0.222 e. The molecule has 1 aromatic heterocycles. The molecule has 1 heterocycles. The Balaban J connectivity index is 1.67. The highest BCUT2D eigenvalue weighted by Gasteiger charge is 2.20. The van der Waals surface area contributed by atoms with Crippen molar-refractivity contribution in [2.45, 2.75) is 19.8 Å². The average Bonchev–Trinajstić information content (AvgIpc) is 3.33. The molecule has 1 fully saturated rings. The summed E-state index contributed by atoms with van der Waals surface area (Å²) in [6.07, 6.45) is 2.61. The van der Waals surface area contributed by atoms with E-state index in [9.17, 15) is 0 Å². The summed E-state index contributed by atoms with van der Waals surface area (Å²) in [6.45, 7) is 4.18. The number of nitrogens with zero attached hydrogens (tertiary/aromatic N) is 2. The van der Waals surface area contributed by atoms with Crippen LogP contribution in [0.4, 0.5) is 11.8 Å². The molecular weight excluding hydrogens is 312 g/mol. The van der Waals surface area contributed by atoms with Gasteiger partial charge < -0.3 is 15.8 Å². The summed E-state index contributed by atoms with van der Waals surface area (Å²) in [6, 6.07) is 7.63. The molecule has 1 aromatic carbocycles. The van der Waals surface area contributed by atoms with Gasteiger partial charge in [0.05, 0.1) is 12.3 Å². The summed E-state index contributed by atoms with van der Waals surface area (Å²) in [7, 11) is 0. The van der Waals surface area contributed by atoms with Crippen LogP contribution in [0, 0.1) is 12.8 Å². The standard InChI is InChI=1S/C17H21ClN4O/c1-11-13(3-2-4-14(11)18)15-9-16(22-17(19)21-15)20-7-8-23-10-12-5-6-12/h2-4,9,12H,5-8,10H2,1H3,(H3,19,20,21,22). The Morgan fingerprint density at radius 3 is 2.96 bits per heavy atom. The van der Waals surface area contributed by atoms with Crippen molar-refractivity contribution in [3.8, 4) is 11.3 Å². The van der Waals surface area contributed by atoms with Crippen LogP contribution >= 0.6 is 11.6 Å². The van der Waals surface area contributed by atoms with E-state index in [2.05, 4.69) is 15.3 Å². The molecule has 0 aliphatic heterocycles. The summed E-state index contributed by atoms with van der Waals surface area (Å²) in [4.78, 5) is 8.54. The highest BCUT2D eigenvalue weighted by molar-refractivity contribution is 6.31. The number of nitrogens with two attached hydrogens (primary N) is 1. The Labute approximate surface area is 141 Å². The Hall–Kier alpha value is -1.85. The monoisotopic (exact) mass is 332 g/mol. The van der Waals surface area contributed by atoms with Gasteiger partial charge in [0.25, 0.3) is 0 Å². The van der Waals surface area contributed by atoms with E-state index in [1.807, 2.05) is 31.2 Å². The second-order valence-corrected chi connectivity index (χ2v) is 6.26. The molecule has 6 heteroatoms. The zero-order valence-electron chi connectivity index (χ0n) is 13.2. The number of halogens is 1. The first-order valence-corrected chi connectivity index (χ1v) is 8.23. The van der Waals surface area contributed by atoms with Crippen molar-refractivity contribution >= 4 is 23.4 Å². The molecule has 1 aliphatic rings. The van der Waals surface area contributed by atoms with Crippen LogP contribution in [0.15, 0.2) is 24.3 Å². The van der Waals surface area contributed by atoms with Gasteiger partial charge >= 0.3 is 0 Å². The Kier molecular flexibility index (Phi) is 4.98. The van der Waals surface area contributed by atoms with E-state index in [0.717, 1.165) is 29.3 Å². The maximum absolute atomic E-state index is 6.19. The average molecular weight is 333 g/mol. The lowest BCUT2D eigenvalue weighted by Gasteiger charge is -2.11. The Bertz CT molecular complexity index is 688. The number of nitrogens with one attached hydrogen (secondary N) is 1. The van der Waals surface area contributed by atoms with Gasteiger partial charge in [0.1, 0.15) is 5.82 Å². The minimum absolute atomic E-state index is 0.239. The SMILES string of the molecule is Cc1c(Cl)cccc1-c1cc(NCCOCC2CC2)nc(N)n1. The van der Waals surface area contributed by atoms with Crippen molar-refractivity contribution in [3.63, 3.8) is 0 Å². The van der Waals surface area contributed by atoms with Gasteiger partial charge in [0.2, 0.25) is 5.95 Å². The molecule has 1 saturated carbocycles. The minimum atomic E-state index is 0.239. The zero-order valence-corrected chi connectivity index (χ0v) is 13.9. The van der Waals surface area contributed by atoms with E-state index in [1.54, 1.807) is 0 Å². The van der Waals surface area contributed by atoms with Crippen molar-refractivity contribution in [3.05, 3.63) is 34.9 Å². The summed E-state index contributed by atoms with van der Waals surface area (Å²) in [5, 5.41) is 3.95. The maximum Gasteiger partial charge on any atom is 0.222 e. The van der Waals surface area contributed by atoms with Gasteiger partial charge in [-0.1, -0.05) is 23.7 Å². The van der Waals surface area contributed by atoms with Crippen LogP contribution in [0.1, 0.15) is 18.4 Å². The molecule has 1 aliphatic carbocycles. The predicted octanol–water partition coefficient (Wildman–Crippen LogP) is 3.53. The zero-order chi connectivity index (χ0) is 16.2. The fourth-order valence-electron chi connectivity index (χ4n) is 2.37. The molecule has 5 nitrogen and oxygen atoms in total. The van der Waals surface area contributed by atoms with E-state index < -0.39 is 0 Å². The summed E-state index contributed by atoms with van der Waals surface area (Å²) in [5.74, 6) is 1.72. The van der Waals surface area contributed by atoms with Crippen LogP contribution in [0.3, 0.4) is 0 Å². The lowest BCUT2D eigenvalue weighted by Crippen LogP contribution is -2.12. The Morgan fingerprint density at radius 2 is 2.17 bits per heavy atom. The first-order valence-electron chi connectivity index (χ1n) is 7.85. The molecule has 0 saturated heterocycles. The topological polar surface area (TPSA) is 73.1 Å². The van der Waals surface area contributed by atoms with Gasteiger partial charge in [-0.05, 0) is 37.3 Å². The quantitative estimate of drug-likeness (QED) is 0.759. The number of benzene rings is 1.